The van der Waals surface area contributed by atoms with Crippen molar-refractivity contribution >= 4 is 22.8 Å². The van der Waals surface area contributed by atoms with Crippen LogP contribution in [0.4, 0.5) is 0 Å². The Morgan fingerprint density at radius 1 is 1.18 bits per heavy atom. The number of carbonyl (C=O) groups is 2. The molecule has 1 fully saturated rings. The van der Waals surface area contributed by atoms with Gasteiger partial charge in [0.05, 0.1) is 18.3 Å². The standard InChI is InChI=1S/C21H23N5O2/c27-19-8-4-10-25(19)11-5-9-22-21(28)18-12-17-14-24-26(20(17)23-13-18)15-16-6-2-1-3-7-16/h1-3,6-7,12-14H,4-5,8-11,15H2,(H,22,28). The van der Waals surface area contributed by atoms with Crippen molar-refractivity contribution in [3.8, 4) is 0 Å². The van der Waals surface area contributed by atoms with E-state index in [1.165, 1.54) is 0 Å². The van der Waals surface area contributed by atoms with Crippen molar-refractivity contribution in [2.24, 2.45) is 0 Å². The Morgan fingerprint density at radius 3 is 2.82 bits per heavy atom. The van der Waals surface area contributed by atoms with Crippen LogP contribution in [-0.2, 0) is 11.3 Å². The van der Waals surface area contributed by atoms with E-state index in [0.29, 0.717) is 31.6 Å². The molecule has 1 N–H and O–H groups in total. The third-order valence-electron chi connectivity index (χ3n) is 4.97. The van der Waals surface area contributed by atoms with E-state index in [9.17, 15) is 9.59 Å². The lowest BCUT2D eigenvalue weighted by Gasteiger charge is -2.15. The third kappa shape index (κ3) is 4.03. The first-order chi connectivity index (χ1) is 13.7. The maximum absolute atomic E-state index is 12.4. The quantitative estimate of drug-likeness (QED) is 0.640. The van der Waals surface area contributed by atoms with Crippen LogP contribution in [0.3, 0.4) is 0 Å². The van der Waals surface area contributed by atoms with Gasteiger partial charge < -0.3 is 10.2 Å². The van der Waals surface area contributed by atoms with Gasteiger partial charge in [0.25, 0.3) is 5.91 Å². The molecule has 3 heterocycles. The van der Waals surface area contributed by atoms with E-state index in [2.05, 4.69) is 15.4 Å². The molecule has 0 bridgehead atoms. The zero-order valence-electron chi connectivity index (χ0n) is 15.7. The van der Waals surface area contributed by atoms with E-state index in [1.807, 2.05) is 46.0 Å². The Balaban J connectivity index is 1.35. The SMILES string of the molecule is O=C(NCCCN1CCCC1=O)c1cnc2c(cnn2Cc2ccccc2)c1. The van der Waals surface area contributed by atoms with Gasteiger partial charge in [0.2, 0.25) is 5.91 Å². The Bertz CT molecular complexity index is 983. The van der Waals surface area contributed by atoms with E-state index in [1.54, 1.807) is 12.4 Å². The van der Waals surface area contributed by atoms with E-state index < -0.39 is 0 Å². The lowest BCUT2D eigenvalue weighted by atomic mass is 10.2. The minimum Gasteiger partial charge on any atom is -0.352 e. The summed E-state index contributed by atoms with van der Waals surface area (Å²) in [4.78, 5) is 30.3. The van der Waals surface area contributed by atoms with Crippen LogP contribution in [0.25, 0.3) is 11.0 Å². The second-order valence-electron chi connectivity index (χ2n) is 7.02. The van der Waals surface area contributed by atoms with Crippen LogP contribution < -0.4 is 5.32 Å². The van der Waals surface area contributed by atoms with Crippen molar-refractivity contribution < 1.29 is 9.59 Å². The van der Waals surface area contributed by atoms with Crippen LogP contribution >= 0.6 is 0 Å². The minimum absolute atomic E-state index is 0.155. The number of hydrogen-bond acceptors (Lipinski definition) is 4. The molecular weight excluding hydrogens is 354 g/mol. The number of hydrogen-bond donors (Lipinski definition) is 1. The number of aromatic nitrogens is 3. The van der Waals surface area contributed by atoms with Gasteiger partial charge in [-0.2, -0.15) is 5.10 Å². The molecule has 4 rings (SSSR count). The van der Waals surface area contributed by atoms with E-state index in [4.69, 9.17) is 0 Å². The second-order valence-corrected chi connectivity index (χ2v) is 7.02. The zero-order valence-corrected chi connectivity index (χ0v) is 15.7. The van der Waals surface area contributed by atoms with Gasteiger partial charge >= 0.3 is 0 Å². The van der Waals surface area contributed by atoms with Gasteiger partial charge in [-0.25, -0.2) is 9.67 Å². The van der Waals surface area contributed by atoms with Crippen molar-refractivity contribution in [2.45, 2.75) is 25.8 Å². The lowest BCUT2D eigenvalue weighted by molar-refractivity contribution is -0.127. The van der Waals surface area contributed by atoms with Crippen LogP contribution in [0.1, 0.15) is 35.2 Å². The molecule has 1 aliphatic rings. The van der Waals surface area contributed by atoms with Gasteiger partial charge in [-0.05, 0) is 24.5 Å². The van der Waals surface area contributed by atoms with E-state index >= 15 is 0 Å². The number of nitrogens with zero attached hydrogens (tertiary/aromatic N) is 4. The smallest absolute Gasteiger partial charge is 0.252 e. The first kappa shape index (κ1) is 18.2. The maximum Gasteiger partial charge on any atom is 0.252 e. The fraction of sp³-hybridized carbons (Fsp3) is 0.333. The number of nitrogens with one attached hydrogen (secondary N) is 1. The zero-order chi connectivity index (χ0) is 19.3. The predicted molar refractivity (Wildman–Crippen MR) is 106 cm³/mol. The normalized spacial score (nSPS) is 14.0. The highest BCUT2D eigenvalue weighted by molar-refractivity contribution is 5.96. The molecule has 3 aromatic rings. The molecule has 0 radical (unpaired) electrons. The summed E-state index contributed by atoms with van der Waals surface area (Å²) in [6, 6.07) is 11.9. The van der Waals surface area contributed by atoms with E-state index in [-0.39, 0.29) is 11.8 Å². The first-order valence-corrected chi connectivity index (χ1v) is 9.62. The molecule has 28 heavy (non-hydrogen) atoms. The molecule has 0 spiro atoms. The molecule has 0 aliphatic carbocycles. The van der Waals surface area contributed by atoms with Crippen LogP contribution in [0.15, 0.2) is 48.8 Å². The van der Waals surface area contributed by atoms with Gasteiger partial charge in [-0.15, -0.1) is 0 Å². The Kier molecular flexibility index (Phi) is 5.32. The van der Waals surface area contributed by atoms with Gasteiger partial charge in [0.15, 0.2) is 5.65 Å². The highest BCUT2D eigenvalue weighted by atomic mass is 16.2. The van der Waals surface area contributed by atoms with Crippen LogP contribution in [0.2, 0.25) is 0 Å². The molecule has 0 saturated carbocycles. The van der Waals surface area contributed by atoms with Crippen molar-refractivity contribution in [3.63, 3.8) is 0 Å². The highest BCUT2D eigenvalue weighted by Gasteiger charge is 2.19. The molecule has 7 heteroatoms. The molecule has 0 unspecified atom stereocenters. The predicted octanol–water partition coefficient (Wildman–Crippen LogP) is 2.22. The summed E-state index contributed by atoms with van der Waals surface area (Å²) in [5.41, 5.74) is 2.42. The Hall–Kier alpha value is -3.22. The molecule has 1 aliphatic heterocycles. The first-order valence-electron chi connectivity index (χ1n) is 9.62. The number of carbonyl (C=O) groups excluding carboxylic acids is 2. The van der Waals surface area contributed by atoms with Gasteiger partial charge in [-0.3, -0.25) is 9.59 Å². The summed E-state index contributed by atoms with van der Waals surface area (Å²) in [6.07, 6.45) is 5.67. The number of fused-ring (bicyclic) bond motifs is 1. The molecule has 2 aromatic heterocycles. The van der Waals surface area contributed by atoms with E-state index in [0.717, 1.165) is 36.0 Å². The fourth-order valence-corrected chi connectivity index (χ4v) is 3.48. The number of amides is 2. The minimum atomic E-state index is -0.155. The van der Waals surface area contributed by atoms with Crippen molar-refractivity contribution in [1.82, 2.24) is 25.0 Å². The molecule has 2 amide bonds. The second kappa shape index (κ2) is 8.21. The molecule has 7 nitrogen and oxygen atoms in total. The summed E-state index contributed by atoms with van der Waals surface area (Å²) in [5, 5.41) is 8.15. The molecule has 1 aromatic carbocycles. The van der Waals surface area contributed by atoms with Crippen molar-refractivity contribution in [2.75, 3.05) is 19.6 Å². The fourth-order valence-electron chi connectivity index (χ4n) is 3.48. The average Bonchev–Trinajstić information content (AvgIpc) is 3.31. The number of benzene rings is 1. The van der Waals surface area contributed by atoms with Crippen LogP contribution in [0.5, 0.6) is 0 Å². The number of likely N-dealkylation sites (tertiary alicyclic amines) is 1. The topological polar surface area (TPSA) is 80.1 Å². The Morgan fingerprint density at radius 2 is 2.04 bits per heavy atom. The number of pyridine rings is 1. The van der Waals surface area contributed by atoms with Gasteiger partial charge in [0, 0.05) is 37.6 Å². The Labute approximate surface area is 163 Å². The van der Waals surface area contributed by atoms with Crippen molar-refractivity contribution in [1.29, 1.82) is 0 Å². The van der Waals surface area contributed by atoms with Crippen LogP contribution in [0, 0.1) is 0 Å². The summed E-state index contributed by atoms with van der Waals surface area (Å²) in [7, 11) is 0. The molecular formula is C21H23N5O2. The summed E-state index contributed by atoms with van der Waals surface area (Å²) in [5.74, 6) is 0.0615. The largest absolute Gasteiger partial charge is 0.352 e. The van der Waals surface area contributed by atoms with Crippen LogP contribution in [-0.4, -0.2) is 51.1 Å². The summed E-state index contributed by atoms with van der Waals surface area (Å²) >= 11 is 0. The number of rotatable bonds is 7. The molecule has 144 valence electrons. The van der Waals surface area contributed by atoms with Gasteiger partial charge in [0.1, 0.15) is 0 Å². The monoisotopic (exact) mass is 377 g/mol. The lowest BCUT2D eigenvalue weighted by Crippen LogP contribution is -2.30. The molecule has 1 saturated heterocycles. The highest BCUT2D eigenvalue weighted by Crippen LogP contribution is 2.15. The molecule has 0 atom stereocenters. The summed E-state index contributed by atoms with van der Waals surface area (Å²) < 4.78 is 1.83. The van der Waals surface area contributed by atoms with Crippen molar-refractivity contribution in [3.05, 3.63) is 59.9 Å². The van der Waals surface area contributed by atoms with Gasteiger partial charge in [-0.1, -0.05) is 30.3 Å². The summed E-state index contributed by atoms with van der Waals surface area (Å²) in [6.45, 7) is 2.70. The average molecular weight is 377 g/mol. The maximum atomic E-state index is 12.4. The third-order valence-corrected chi connectivity index (χ3v) is 4.97.